The number of methoxy groups -OCH3 is 1. The number of phenols is 2. The first-order chi connectivity index (χ1) is 16.7. The first kappa shape index (κ1) is 25.9. The van der Waals surface area contributed by atoms with Crippen LogP contribution < -0.4 is 4.74 Å². The van der Waals surface area contributed by atoms with Gasteiger partial charge in [0.1, 0.15) is 17.4 Å². The third kappa shape index (κ3) is 6.68. The molecule has 1 fully saturated rings. The lowest BCUT2D eigenvalue weighted by atomic mass is 9.92. The van der Waals surface area contributed by atoms with Crippen molar-refractivity contribution in [1.82, 2.24) is 0 Å². The van der Waals surface area contributed by atoms with Gasteiger partial charge in [0.25, 0.3) is 0 Å². The molecule has 2 N–H and O–H groups in total. The Morgan fingerprint density at radius 1 is 1.06 bits per heavy atom. The zero-order chi connectivity index (χ0) is 25.5. The Hall–Kier alpha value is -3.68. The molecule has 35 heavy (non-hydrogen) atoms. The summed E-state index contributed by atoms with van der Waals surface area (Å²) in [6.45, 7) is 5.54. The third-order valence-corrected chi connectivity index (χ3v) is 5.79. The van der Waals surface area contributed by atoms with Gasteiger partial charge in [-0.1, -0.05) is 48.6 Å². The molecule has 0 bridgehead atoms. The number of esters is 1. The van der Waals surface area contributed by atoms with E-state index in [1.54, 1.807) is 62.6 Å². The van der Waals surface area contributed by atoms with Gasteiger partial charge in [0.05, 0.1) is 18.1 Å². The number of rotatable bonds is 10. The van der Waals surface area contributed by atoms with Gasteiger partial charge in [-0.05, 0) is 56.2 Å². The number of hydrogen-bond donors (Lipinski definition) is 2. The van der Waals surface area contributed by atoms with Crippen LogP contribution in [-0.2, 0) is 14.3 Å². The number of para-hydroxylation sites is 2. The molecule has 1 heterocycles. The van der Waals surface area contributed by atoms with Gasteiger partial charge >= 0.3 is 5.97 Å². The van der Waals surface area contributed by atoms with Crippen molar-refractivity contribution in [2.45, 2.75) is 39.1 Å². The van der Waals surface area contributed by atoms with Crippen LogP contribution in [0.5, 0.6) is 17.2 Å². The Balaban J connectivity index is 1.78. The molecular weight excluding hydrogens is 448 g/mol. The Labute approximate surface area is 205 Å². The van der Waals surface area contributed by atoms with E-state index in [0.29, 0.717) is 11.1 Å². The standard InChI is InChI=1S/C28H30O7/c1-17(16-25-19(3)34-25)27(31)21(18(2)33-4)12-6-5-10-20-11-9-14-23(30)26(20)28(32)35-24-15-8-7-13-22(24)29/h5-16,18-19,21,25,29-30H,1-4H3/t18-,19+,21-,25+/m0/s1. The van der Waals surface area contributed by atoms with Crippen LogP contribution in [0.1, 0.15) is 36.7 Å². The summed E-state index contributed by atoms with van der Waals surface area (Å²) in [5.74, 6) is -1.84. The van der Waals surface area contributed by atoms with Gasteiger partial charge in [-0.2, -0.15) is 0 Å². The summed E-state index contributed by atoms with van der Waals surface area (Å²) in [6.07, 6.45) is 8.32. The van der Waals surface area contributed by atoms with E-state index in [1.165, 1.54) is 18.2 Å². The van der Waals surface area contributed by atoms with Crippen molar-refractivity contribution in [3.05, 3.63) is 83.5 Å². The molecule has 1 aliphatic rings. The number of carbonyl (C=O) groups excluding carboxylic acids is 2. The lowest BCUT2D eigenvalue weighted by Crippen LogP contribution is -2.26. The van der Waals surface area contributed by atoms with Crippen LogP contribution in [-0.4, -0.2) is 47.4 Å². The second-order valence-corrected chi connectivity index (χ2v) is 8.33. The zero-order valence-corrected chi connectivity index (χ0v) is 20.2. The van der Waals surface area contributed by atoms with Crippen LogP contribution in [0.3, 0.4) is 0 Å². The lowest BCUT2D eigenvalue weighted by Gasteiger charge is -2.18. The molecular formula is C28H30O7. The molecule has 3 rings (SSSR count). The minimum absolute atomic E-state index is 0.0140. The Morgan fingerprint density at radius 2 is 1.74 bits per heavy atom. The van der Waals surface area contributed by atoms with Gasteiger partial charge in [0.2, 0.25) is 0 Å². The Kier molecular flexibility index (Phi) is 8.63. The van der Waals surface area contributed by atoms with E-state index >= 15 is 0 Å². The summed E-state index contributed by atoms with van der Waals surface area (Å²) in [5.41, 5.74) is 0.980. The Morgan fingerprint density at radius 3 is 2.40 bits per heavy atom. The number of hydrogen-bond acceptors (Lipinski definition) is 7. The van der Waals surface area contributed by atoms with Crippen molar-refractivity contribution in [3.63, 3.8) is 0 Å². The van der Waals surface area contributed by atoms with Crippen LogP contribution in [0.2, 0.25) is 0 Å². The van der Waals surface area contributed by atoms with E-state index < -0.39 is 11.9 Å². The van der Waals surface area contributed by atoms with Crippen molar-refractivity contribution in [1.29, 1.82) is 0 Å². The highest BCUT2D eigenvalue weighted by molar-refractivity contribution is 5.99. The van der Waals surface area contributed by atoms with Crippen molar-refractivity contribution in [3.8, 4) is 17.2 Å². The maximum absolute atomic E-state index is 13.0. The molecule has 0 saturated carbocycles. The number of Topliss-reactive ketones (excluding diaryl/α,β-unsaturated/α-hetero) is 1. The maximum Gasteiger partial charge on any atom is 0.348 e. The molecule has 4 atom stereocenters. The minimum atomic E-state index is -0.813. The zero-order valence-electron chi connectivity index (χ0n) is 20.2. The van der Waals surface area contributed by atoms with Gasteiger partial charge in [-0.3, -0.25) is 4.79 Å². The first-order valence-corrected chi connectivity index (χ1v) is 11.3. The summed E-state index contributed by atoms with van der Waals surface area (Å²) < 4.78 is 16.0. The summed E-state index contributed by atoms with van der Waals surface area (Å²) in [5, 5.41) is 20.2. The molecule has 0 radical (unpaired) electrons. The normalized spacial score (nSPS) is 19.6. The molecule has 0 unspecified atom stereocenters. The van der Waals surface area contributed by atoms with E-state index in [0.717, 1.165) is 0 Å². The smallest absolute Gasteiger partial charge is 0.348 e. The fraction of sp³-hybridized carbons (Fsp3) is 0.286. The molecule has 7 nitrogen and oxygen atoms in total. The number of allylic oxidation sites excluding steroid dienone is 3. The number of aromatic hydroxyl groups is 2. The van der Waals surface area contributed by atoms with Crippen LogP contribution in [0.25, 0.3) is 6.08 Å². The molecule has 1 saturated heterocycles. The monoisotopic (exact) mass is 478 g/mol. The van der Waals surface area contributed by atoms with Crippen molar-refractivity contribution in [2.24, 2.45) is 5.92 Å². The summed E-state index contributed by atoms with van der Waals surface area (Å²) in [7, 11) is 1.55. The second kappa shape index (κ2) is 11.6. The average molecular weight is 479 g/mol. The van der Waals surface area contributed by atoms with Crippen LogP contribution in [0, 0.1) is 5.92 Å². The molecule has 184 valence electrons. The summed E-state index contributed by atoms with van der Waals surface area (Å²) in [6, 6.07) is 10.7. The van der Waals surface area contributed by atoms with Crippen molar-refractivity contribution < 1.29 is 34.0 Å². The molecule has 0 aromatic heterocycles. The van der Waals surface area contributed by atoms with Gasteiger partial charge in [0, 0.05) is 7.11 Å². The Bertz CT molecular complexity index is 1160. The van der Waals surface area contributed by atoms with Crippen LogP contribution in [0.4, 0.5) is 0 Å². The molecule has 7 heteroatoms. The number of phenolic OH excluding ortho intramolecular Hbond substituents is 2. The molecule has 0 spiro atoms. The van der Waals surface area contributed by atoms with Crippen LogP contribution in [0.15, 0.2) is 72.3 Å². The van der Waals surface area contributed by atoms with Gasteiger partial charge in [-0.15, -0.1) is 0 Å². The molecule has 0 aliphatic carbocycles. The molecule has 2 aromatic carbocycles. The largest absolute Gasteiger partial charge is 0.507 e. The quantitative estimate of drug-likeness (QED) is 0.165. The maximum atomic E-state index is 13.0. The average Bonchev–Trinajstić information content (AvgIpc) is 3.53. The topological polar surface area (TPSA) is 106 Å². The molecule has 0 amide bonds. The highest BCUT2D eigenvalue weighted by Crippen LogP contribution is 2.29. The molecule has 2 aromatic rings. The number of benzene rings is 2. The number of ether oxygens (including phenoxy) is 3. The summed E-state index contributed by atoms with van der Waals surface area (Å²) in [4.78, 5) is 25.7. The number of carbonyl (C=O) groups is 2. The van der Waals surface area contributed by atoms with E-state index in [-0.39, 0.29) is 46.9 Å². The van der Waals surface area contributed by atoms with E-state index in [4.69, 9.17) is 14.2 Å². The lowest BCUT2D eigenvalue weighted by molar-refractivity contribution is -0.121. The predicted octanol–water partition coefficient (Wildman–Crippen LogP) is 4.84. The van der Waals surface area contributed by atoms with E-state index in [1.807, 2.05) is 19.9 Å². The summed E-state index contributed by atoms with van der Waals surface area (Å²) >= 11 is 0. The minimum Gasteiger partial charge on any atom is -0.507 e. The van der Waals surface area contributed by atoms with Gasteiger partial charge < -0.3 is 24.4 Å². The second-order valence-electron chi connectivity index (χ2n) is 8.33. The SMILES string of the molecule is CO[C@@H](C)[C@H](C=CC=Cc1cccc(O)c1C(=O)Oc1ccccc1O)C(=O)C(C)=C[C@H]1O[C@@H]1C. The fourth-order valence-electron chi connectivity index (χ4n) is 3.53. The van der Waals surface area contributed by atoms with Gasteiger partial charge in [0.15, 0.2) is 17.3 Å². The van der Waals surface area contributed by atoms with Gasteiger partial charge in [-0.25, -0.2) is 4.79 Å². The molecule has 1 aliphatic heterocycles. The highest BCUT2D eigenvalue weighted by atomic mass is 16.6. The predicted molar refractivity (Wildman–Crippen MR) is 132 cm³/mol. The number of epoxide rings is 1. The van der Waals surface area contributed by atoms with Crippen molar-refractivity contribution >= 4 is 17.8 Å². The van der Waals surface area contributed by atoms with E-state index in [9.17, 15) is 19.8 Å². The highest BCUT2D eigenvalue weighted by Gasteiger charge is 2.33. The van der Waals surface area contributed by atoms with Crippen LogP contribution >= 0.6 is 0 Å². The van der Waals surface area contributed by atoms with E-state index in [2.05, 4.69) is 0 Å². The fourth-order valence-corrected chi connectivity index (χ4v) is 3.53. The van der Waals surface area contributed by atoms with Crippen molar-refractivity contribution in [2.75, 3.05) is 7.11 Å². The number of ketones is 1. The first-order valence-electron chi connectivity index (χ1n) is 11.3. The third-order valence-electron chi connectivity index (χ3n) is 5.79.